The minimum Gasteiger partial charge on any atom is -0.624 e. The topological polar surface area (TPSA) is 56.3 Å². The lowest BCUT2D eigenvalue weighted by molar-refractivity contribution is -0.416. The molecular formula is C12H11NO3. The van der Waals surface area contributed by atoms with Gasteiger partial charge in [-0.3, -0.25) is 4.79 Å². The normalized spacial score (nSPS) is 12.0. The van der Waals surface area contributed by atoms with Gasteiger partial charge in [0.25, 0.3) is 0 Å². The van der Waals surface area contributed by atoms with Crippen LogP contribution in [-0.2, 0) is 0 Å². The van der Waals surface area contributed by atoms with Gasteiger partial charge in [-0.2, -0.15) is 0 Å². The van der Waals surface area contributed by atoms with Gasteiger partial charge in [0, 0.05) is 0 Å². The highest BCUT2D eigenvalue weighted by molar-refractivity contribution is 5.84. The van der Waals surface area contributed by atoms with Crippen LogP contribution in [0, 0.1) is 12.1 Å². The van der Waals surface area contributed by atoms with Gasteiger partial charge in [0.05, 0.1) is 5.39 Å². The highest BCUT2D eigenvalue weighted by Crippen LogP contribution is 2.12. The highest BCUT2D eigenvalue weighted by Gasteiger charge is 2.07. The van der Waals surface area contributed by atoms with E-state index in [9.17, 15) is 10.0 Å². The Morgan fingerprint density at radius 3 is 2.88 bits per heavy atom. The van der Waals surface area contributed by atoms with Crippen LogP contribution in [0.15, 0.2) is 33.7 Å². The summed E-state index contributed by atoms with van der Waals surface area (Å²) < 4.78 is 5.86. The molecule has 0 saturated carbocycles. The Labute approximate surface area is 92.0 Å². The first-order valence-corrected chi connectivity index (χ1v) is 4.85. The molecule has 0 N–H and O–H groups in total. The van der Waals surface area contributed by atoms with E-state index in [0.717, 1.165) is 5.56 Å². The number of rotatable bonds is 1. The van der Waals surface area contributed by atoms with Crippen LogP contribution in [0.4, 0.5) is 0 Å². The summed E-state index contributed by atoms with van der Waals surface area (Å²) in [5.41, 5.74) is 1.58. The van der Waals surface area contributed by atoms with Gasteiger partial charge in [-0.25, -0.2) is 4.74 Å². The Bertz CT molecular complexity index is 622. The summed E-state index contributed by atoms with van der Waals surface area (Å²) >= 11 is 0. The summed E-state index contributed by atoms with van der Waals surface area (Å²) in [4.78, 5) is 12.0. The monoisotopic (exact) mass is 217 g/mol. The minimum absolute atomic E-state index is 0.187. The molecule has 0 amide bonds. The zero-order valence-corrected chi connectivity index (χ0v) is 9.06. The Morgan fingerprint density at radius 2 is 2.19 bits per heavy atom. The summed E-state index contributed by atoms with van der Waals surface area (Å²) in [7, 11) is 1.32. The smallest absolute Gasteiger partial charge is 0.205 e. The van der Waals surface area contributed by atoms with E-state index in [-0.39, 0.29) is 11.0 Å². The maximum atomic E-state index is 12.0. The number of benzene rings is 1. The van der Waals surface area contributed by atoms with Crippen LogP contribution in [0.3, 0.4) is 0 Å². The molecule has 4 nitrogen and oxygen atoms in total. The quantitative estimate of drug-likeness (QED) is 0.316. The fourth-order valence-corrected chi connectivity index (χ4v) is 1.54. The summed E-state index contributed by atoms with van der Waals surface area (Å²) in [5.74, 6) is 0. The number of hydrogen-bond acceptors (Lipinski definition) is 3. The van der Waals surface area contributed by atoms with Gasteiger partial charge in [0.2, 0.25) is 5.43 Å². The molecule has 82 valence electrons. The molecule has 1 heterocycles. The maximum absolute atomic E-state index is 12.0. The zero-order valence-electron chi connectivity index (χ0n) is 9.06. The van der Waals surface area contributed by atoms with Crippen molar-refractivity contribution in [2.45, 2.75) is 6.92 Å². The number of aryl methyl sites for hydroxylation is 1. The van der Waals surface area contributed by atoms with Crippen molar-refractivity contribution in [2.75, 3.05) is 7.05 Å². The highest BCUT2D eigenvalue weighted by atomic mass is 16.5. The number of hydrogen-bond donors (Lipinski definition) is 0. The fraction of sp³-hybridized carbons (Fsp3) is 0.167. The van der Waals surface area contributed by atoms with Crippen molar-refractivity contribution in [3.05, 3.63) is 51.0 Å². The number of nitrogens with zero attached hydrogens (tertiary/aromatic N) is 1. The Kier molecular flexibility index (Phi) is 2.48. The van der Waals surface area contributed by atoms with Crippen molar-refractivity contribution in [3.8, 4) is 0 Å². The second-order valence-electron chi connectivity index (χ2n) is 3.70. The van der Waals surface area contributed by atoms with Gasteiger partial charge in [-0.15, -0.1) is 0 Å². The molecule has 0 aliphatic rings. The molecule has 4 heteroatoms. The van der Waals surface area contributed by atoms with Gasteiger partial charge in [-0.05, 0) is 19.1 Å². The van der Waals surface area contributed by atoms with Crippen molar-refractivity contribution in [1.82, 2.24) is 0 Å². The third kappa shape index (κ3) is 1.82. The first-order chi connectivity index (χ1) is 7.58. The number of hydroxylamine groups is 1. The Morgan fingerprint density at radius 1 is 1.44 bits per heavy atom. The van der Waals surface area contributed by atoms with Crippen molar-refractivity contribution >= 4 is 17.2 Å². The molecule has 0 aliphatic heterocycles. The molecule has 0 fully saturated rings. The van der Waals surface area contributed by atoms with Crippen LogP contribution < -0.4 is 5.43 Å². The van der Waals surface area contributed by atoms with E-state index in [1.54, 1.807) is 12.1 Å². The summed E-state index contributed by atoms with van der Waals surface area (Å²) in [5, 5.41) is 11.3. The van der Waals surface area contributed by atoms with E-state index in [1.807, 2.05) is 13.0 Å². The van der Waals surface area contributed by atoms with Gasteiger partial charge >= 0.3 is 0 Å². The third-order valence-electron chi connectivity index (χ3n) is 2.28. The van der Waals surface area contributed by atoms with Crippen LogP contribution in [0.2, 0.25) is 0 Å². The molecule has 16 heavy (non-hydrogen) atoms. The average Bonchev–Trinajstić information content (AvgIpc) is 2.22. The molecular weight excluding hydrogens is 206 g/mol. The lowest BCUT2D eigenvalue weighted by Crippen LogP contribution is -2.11. The van der Waals surface area contributed by atoms with Gasteiger partial charge in [-0.1, -0.05) is 11.6 Å². The lowest BCUT2D eigenvalue weighted by atomic mass is 10.1. The van der Waals surface area contributed by atoms with Crippen LogP contribution in [0.1, 0.15) is 11.1 Å². The Balaban J connectivity index is 2.78. The fourth-order valence-electron chi connectivity index (χ4n) is 1.54. The summed E-state index contributed by atoms with van der Waals surface area (Å²) in [6, 6.07) is 5.37. The van der Waals surface area contributed by atoms with E-state index < -0.39 is 0 Å². The van der Waals surface area contributed by atoms with Gasteiger partial charge < -0.3 is 9.62 Å². The molecule has 0 radical (unpaired) electrons. The van der Waals surface area contributed by atoms with E-state index >= 15 is 0 Å². The predicted octanol–water partition coefficient (Wildman–Crippen LogP) is 1.66. The maximum Gasteiger partial charge on any atom is 0.205 e. The van der Waals surface area contributed by atoms with Crippen LogP contribution in [0.5, 0.6) is 0 Å². The average molecular weight is 217 g/mol. The molecule has 0 atom stereocenters. The van der Waals surface area contributed by atoms with Gasteiger partial charge in [0.15, 0.2) is 6.21 Å². The molecule has 2 rings (SSSR count). The molecule has 2 aromatic rings. The SMILES string of the molecule is Cc1ccc2occ(/C=[N+](/C)[O-])c(=O)c2c1. The van der Waals surface area contributed by atoms with Crippen molar-refractivity contribution in [2.24, 2.45) is 0 Å². The first kappa shape index (κ1) is 10.4. The predicted molar refractivity (Wildman–Crippen MR) is 61.9 cm³/mol. The van der Waals surface area contributed by atoms with E-state index in [2.05, 4.69) is 0 Å². The summed E-state index contributed by atoms with van der Waals surface area (Å²) in [6.07, 6.45) is 2.50. The van der Waals surface area contributed by atoms with Crippen molar-refractivity contribution in [1.29, 1.82) is 0 Å². The second-order valence-corrected chi connectivity index (χ2v) is 3.70. The molecule has 0 saturated heterocycles. The molecule has 0 unspecified atom stereocenters. The van der Waals surface area contributed by atoms with Crippen LogP contribution in [0.25, 0.3) is 11.0 Å². The minimum atomic E-state index is -0.187. The largest absolute Gasteiger partial charge is 0.624 e. The van der Waals surface area contributed by atoms with Crippen LogP contribution in [-0.4, -0.2) is 18.0 Å². The van der Waals surface area contributed by atoms with Crippen LogP contribution >= 0.6 is 0 Å². The van der Waals surface area contributed by atoms with Gasteiger partial charge in [0.1, 0.15) is 24.5 Å². The second kappa shape index (κ2) is 3.81. The Hall–Kier alpha value is -2.10. The first-order valence-electron chi connectivity index (χ1n) is 4.85. The van der Waals surface area contributed by atoms with E-state index in [1.165, 1.54) is 19.5 Å². The molecule has 0 spiro atoms. The number of fused-ring (bicyclic) bond motifs is 1. The molecule has 0 bridgehead atoms. The van der Waals surface area contributed by atoms with Crippen molar-refractivity contribution in [3.63, 3.8) is 0 Å². The molecule has 1 aromatic carbocycles. The zero-order chi connectivity index (χ0) is 11.7. The summed E-state index contributed by atoms with van der Waals surface area (Å²) in [6.45, 7) is 1.90. The molecule has 0 aliphatic carbocycles. The third-order valence-corrected chi connectivity index (χ3v) is 2.28. The van der Waals surface area contributed by atoms with E-state index in [0.29, 0.717) is 15.7 Å². The van der Waals surface area contributed by atoms with Crippen molar-refractivity contribution < 1.29 is 9.16 Å². The standard InChI is InChI=1S/C12H11NO3/c1-8-3-4-11-10(5-8)12(14)9(7-16-11)6-13(2)15/h3-7H,1-2H3/b13-6-. The lowest BCUT2D eigenvalue weighted by Gasteiger charge is -1.99. The molecule has 1 aromatic heterocycles. The van der Waals surface area contributed by atoms with E-state index in [4.69, 9.17) is 4.42 Å².